The van der Waals surface area contributed by atoms with Crippen LogP contribution in [0.5, 0.6) is 11.5 Å². The molecule has 5 atom stereocenters. The van der Waals surface area contributed by atoms with E-state index in [4.69, 9.17) is 18.9 Å². The van der Waals surface area contributed by atoms with Gasteiger partial charge in [-0.3, -0.25) is 4.79 Å². The molecular weight excluding hydrogens is 400 g/mol. The molecule has 2 aromatic rings. The molecule has 2 aliphatic heterocycles. The largest absolute Gasteiger partial charge is 0.462 e. The molecule has 1 saturated heterocycles. The van der Waals surface area contributed by atoms with Crippen molar-refractivity contribution in [1.29, 1.82) is 0 Å². The van der Waals surface area contributed by atoms with Gasteiger partial charge in [-0.15, -0.1) is 0 Å². The molecule has 0 spiro atoms. The third kappa shape index (κ3) is 3.97. The van der Waals surface area contributed by atoms with Gasteiger partial charge in [0, 0.05) is 18.3 Å². The van der Waals surface area contributed by atoms with Gasteiger partial charge in [-0.25, -0.2) is 4.79 Å². The molecule has 7 nitrogen and oxygen atoms in total. The lowest BCUT2D eigenvalue weighted by molar-refractivity contribution is -0.141. The number of carbonyl (C=O) groups excluding carboxylic acids is 2. The summed E-state index contributed by atoms with van der Waals surface area (Å²) >= 11 is 0. The van der Waals surface area contributed by atoms with Crippen LogP contribution in [0, 0.1) is 11.8 Å². The Morgan fingerprint density at radius 1 is 1.03 bits per heavy atom. The summed E-state index contributed by atoms with van der Waals surface area (Å²) in [5.74, 6) is 0.513. The predicted molar refractivity (Wildman–Crippen MR) is 108 cm³/mol. The summed E-state index contributed by atoms with van der Waals surface area (Å²) in [6, 6.07) is 16.1. The van der Waals surface area contributed by atoms with E-state index < -0.39 is 12.4 Å². The molecule has 0 unspecified atom stereocenters. The van der Waals surface area contributed by atoms with Gasteiger partial charge in [0.25, 0.3) is 6.29 Å². The monoisotopic (exact) mass is 424 g/mol. The lowest BCUT2D eigenvalue weighted by atomic mass is 9.87. The Morgan fingerprint density at radius 2 is 1.71 bits per heavy atom. The van der Waals surface area contributed by atoms with Crippen molar-refractivity contribution in [2.45, 2.75) is 50.3 Å². The van der Waals surface area contributed by atoms with E-state index in [0.717, 1.165) is 0 Å². The average Bonchev–Trinajstić information content (AvgIpc) is 3.45. The van der Waals surface area contributed by atoms with Crippen LogP contribution < -0.4 is 9.47 Å². The lowest BCUT2D eigenvalue weighted by Gasteiger charge is -2.25. The van der Waals surface area contributed by atoms with Crippen molar-refractivity contribution in [3.63, 3.8) is 0 Å². The second-order valence-corrected chi connectivity index (χ2v) is 8.30. The first-order valence-corrected chi connectivity index (χ1v) is 10.6. The van der Waals surface area contributed by atoms with Crippen LogP contribution in [-0.4, -0.2) is 41.6 Å². The molecule has 0 bridgehead atoms. The minimum atomic E-state index is -0.852. The van der Waals surface area contributed by atoms with Crippen molar-refractivity contribution in [1.82, 2.24) is 0 Å². The Balaban J connectivity index is 1.24. The summed E-state index contributed by atoms with van der Waals surface area (Å²) < 4.78 is 22.7. The third-order valence-electron chi connectivity index (χ3n) is 6.37. The highest BCUT2D eigenvalue weighted by Gasteiger charge is 2.51. The van der Waals surface area contributed by atoms with Gasteiger partial charge in [0.15, 0.2) is 11.5 Å². The Bertz CT molecular complexity index is 934. The van der Waals surface area contributed by atoms with E-state index in [9.17, 15) is 14.7 Å². The second kappa shape index (κ2) is 8.23. The molecule has 2 aromatic carbocycles. The van der Waals surface area contributed by atoms with Crippen molar-refractivity contribution in [3.05, 3.63) is 60.2 Å². The van der Waals surface area contributed by atoms with Crippen LogP contribution >= 0.6 is 0 Å². The first-order valence-electron chi connectivity index (χ1n) is 10.6. The van der Waals surface area contributed by atoms with Gasteiger partial charge in [-0.1, -0.05) is 30.3 Å². The highest BCUT2D eigenvalue weighted by molar-refractivity contribution is 5.89. The van der Waals surface area contributed by atoms with E-state index in [1.54, 1.807) is 36.4 Å². The van der Waals surface area contributed by atoms with Crippen LogP contribution in [0.15, 0.2) is 54.6 Å². The minimum Gasteiger partial charge on any atom is -0.462 e. The number of ether oxygens (including phenoxy) is 4. The van der Waals surface area contributed by atoms with Gasteiger partial charge in [0.1, 0.15) is 18.3 Å². The van der Waals surface area contributed by atoms with Gasteiger partial charge in [0.05, 0.1) is 12.0 Å². The van der Waals surface area contributed by atoms with Gasteiger partial charge >= 0.3 is 11.9 Å². The zero-order valence-corrected chi connectivity index (χ0v) is 16.9. The summed E-state index contributed by atoms with van der Waals surface area (Å²) in [6.07, 6.45) is -0.496. The summed E-state index contributed by atoms with van der Waals surface area (Å²) in [5.41, 5.74) is 0.487. The maximum Gasteiger partial charge on any atom is 0.338 e. The van der Waals surface area contributed by atoms with E-state index in [2.05, 4.69) is 0 Å². The van der Waals surface area contributed by atoms with Crippen LogP contribution in [0.3, 0.4) is 0 Å². The van der Waals surface area contributed by atoms with Crippen LogP contribution in [0.2, 0.25) is 0 Å². The van der Waals surface area contributed by atoms with Crippen LogP contribution in [0.1, 0.15) is 36.0 Å². The normalized spacial score (nSPS) is 27.6. The molecule has 2 heterocycles. The lowest BCUT2D eigenvalue weighted by Crippen LogP contribution is -2.35. The quantitative estimate of drug-likeness (QED) is 0.713. The predicted octanol–water partition coefficient (Wildman–Crippen LogP) is 3.10. The number of carbonyl (C=O) groups is 2. The molecule has 162 valence electrons. The van der Waals surface area contributed by atoms with Gasteiger partial charge in [-0.05, 0) is 37.1 Å². The van der Waals surface area contributed by atoms with Crippen LogP contribution in [-0.2, 0) is 14.3 Å². The van der Waals surface area contributed by atoms with Gasteiger partial charge in [-0.2, -0.15) is 0 Å². The smallest absolute Gasteiger partial charge is 0.338 e. The average molecular weight is 424 g/mol. The summed E-state index contributed by atoms with van der Waals surface area (Å²) in [4.78, 5) is 24.4. The zero-order valence-electron chi connectivity index (χ0n) is 16.9. The molecular formula is C24H24O7. The maximum atomic E-state index is 12.6. The van der Waals surface area contributed by atoms with Crippen LogP contribution in [0.4, 0.5) is 0 Å². The molecule has 31 heavy (non-hydrogen) atoms. The number of para-hydroxylation sites is 2. The van der Waals surface area contributed by atoms with Gasteiger partial charge in [0.2, 0.25) is 0 Å². The van der Waals surface area contributed by atoms with E-state index in [0.29, 0.717) is 42.7 Å². The standard InChI is InChI=1S/C24H24O7/c25-17(24-30-18-8-4-5-9-19(18)31-24)11-10-15-16-12-22(26)28-21(16)13-20(15)29-23(27)14-6-2-1-3-7-14/h1-9,15-17,20-21,24-25H,10-13H2/t15-,16-,17+,20-,21+/m1/s1. The maximum absolute atomic E-state index is 12.6. The first-order chi connectivity index (χ1) is 15.1. The number of hydrogen-bond acceptors (Lipinski definition) is 7. The Morgan fingerprint density at radius 3 is 2.42 bits per heavy atom. The third-order valence-corrected chi connectivity index (χ3v) is 6.37. The Labute approximate surface area is 179 Å². The summed E-state index contributed by atoms with van der Waals surface area (Å²) in [5, 5.41) is 10.7. The van der Waals surface area contributed by atoms with Crippen molar-refractivity contribution < 1.29 is 33.6 Å². The first kappa shape index (κ1) is 19.9. The van der Waals surface area contributed by atoms with Crippen molar-refractivity contribution >= 4 is 11.9 Å². The van der Waals surface area contributed by atoms with Crippen molar-refractivity contribution in [2.24, 2.45) is 11.8 Å². The van der Waals surface area contributed by atoms with Crippen molar-refractivity contribution in [2.75, 3.05) is 0 Å². The molecule has 1 aliphatic carbocycles. The van der Waals surface area contributed by atoms with E-state index in [1.807, 2.05) is 18.2 Å². The van der Waals surface area contributed by atoms with Gasteiger partial charge < -0.3 is 24.1 Å². The number of rotatable bonds is 6. The minimum absolute atomic E-state index is 0.0177. The number of aliphatic hydroxyl groups is 1. The number of fused-ring (bicyclic) bond motifs is 2. The molecule has 0 aromatic heterocycles. The molecule has 2 fully saturated rings. The zero-order chi connectivity index (χ0) is 21.4. The SMILES string of the molecule is O=C1C[C@@H]2[C@@H](CC[C@H](O)C3Oc4ccccc4O3)[C@H](OC(=O)c3ccccc3)C[C@@H]2O1. The number of esters is 2. The molecule has 0 amide bonds. The molecule has 1 N–H and O–H groups in total. The van der Waals surface area contributed by atoms with Crippen molar-refractivity contribution in [3.8, 4) is 11.5 Å². The highest BCUT2D eigenvalue weighted by atomic mass is 16.7. The number of aliphatic hydroxyl groups excluding tert-OH is 1. The molecule has 0 radical (unpaired) electrons. The van der Waals surface area contributed by atoms with Crippen LogP contribution in [0.25, 0.3) is 0 Å². The highest BCUT2D eigenvalue weighted by Crippen LogP contribution is 2.45. The summed E-state index contributed by atoms with van der Waals surface area (Å²) in [6.45, 7) is 0. The molecule has 5 rings (SSSR count). The number of benzene rings is 2. The number of hydrogen-bond donors (Lipinski definition) is 1. The molecule has 3 aliphatic rings. The topological polar surface area (TPSA) is 91.3 Å². The fourth-order valence-corrected chi connectivity index (χ4v) is 4.85. The molecule has 7 heteroatoms. The fraction of sp³-hybridized carbons (Fsp3) is 0.417. The van der Waals surface area contributed by atoms with E-state index in [1.165, 1.54) is 0 Å². The fourth-order valence-electron chi connectivity index (χ4n) is 4.85. The Hall–Kier alpha value is -3.06. The second-order valence-electron chi connectivity index (χ2n) is 8.30. The molecule has 1 saturated carbocycles. The van der Waals surface area contributed by atoms with E-state index >= 15 is 0 Å². The van der Waals surface area contributed by atoms with E-state index in [-0.39, 0.29) is 36.0 Å². The summed E-state index contributed by atoms with van der Waals surface area (Å²) in [7, 11) is 0. The Kier molecular flexibility index (Phi) is 5.28.